The summed E-state index contributed by atoms with van der Waals surface area (Å²) < 4.78 is 50.1. The molecule has 0 radical (unpaired) electrons. The third-order valence-corrected chi connectivity index (χ3v) is 3.56. The second-order valence-electron chi connectivity index (χ2n) is 5.44. The van der Waals surface area contributed by atoms with Crippen LogP contribution in [0.1, 0.15) is 20.7 Å². The molecule has 0 aromatic heterocycles. The number of esters is 2. The summed E-state index contributed by atoms with van der Waals surface area (Å²) in [5.41, 5.74) is 0.623. The fourth-order valence-corrected chi connectivity index (χ4v) is 2.47. The second kappa shape index (κ2) is 9.24. The quantitative estimate of drug-likeness (QED) is 0.547. The van der Waals surface area contributed by atoms with Gasteiger partial charge in [-0.25, -0.2) is 9.59 Å². The Balaban J connectivity index is 2.19. The van der Waals surface area contributed by atoms with E-state index in [0.29, 0.717) is 0 Å². The molecule has 0 unspecified atom stereocenters. The normalized spacial score (nSPS) is 10.7. The van der Waals surface area contributed by atoms with Crippen molar-refractivity contribution in [3.8, 4) is 5.75 Å². The van der Waals surface area contributed by atoms with Gasteiger partial charge in [0.15, 0.2) is 5.11 Å². The maximum atomic E-state index is 12.3. The first kappa shape index (κ1) is 22.0. The van der Waals surface area contributed by atoms with Crippen molar-refractivity contribution in [3.63, 3.8) is 0 Å². The molecular weight excluding hydrogens is 413 g/mol. The van der Waals surface area contributed by atoms with Crippen molar-refractivity contribution in [1.29, 1.82) is 0 Å². The van der Waals surface area contributed by atoms with Crippen LogP contribution in [0.15, 0.2) is 42.5 Å². The Labute approximate surface area is 168 Å². The van der Waals surface area contributed by atoms with E-state index in [-0.39, 0.29) is 27.6 Å². The summed E-state index contributed by atoms with van der Waals surface area (Å²) in [5, 5.41) is 5.41. The van der Waals surface area contributed by atoms with Crippen molar-refractivity contribution in [2.75, 3.05) is 24.9 Å². The topological polar surface area (TPSA) is 85.9 Å². The Morgan fingerprint density at radius 1 is 0.897 bits per heavy atom. The van der Waals surface area contributed by atoms with Gasteiger partial charge in [0.2, 0.25) is 0 Å². The number of anilines is 2. The van der Waals surface area contributed by atoms with Crippen LogP contribution in [0.3, 0.4) is 0 Å². The number of ether oxygens (including phenoxy) is 3. The van der Waals surface area contributed by atoms with Crippen LogP contribution in [0.5, 0.6) is 5.75 Å². The van der Waals surface area contributed by atoms with Crippen LogP contribution in [-0.2, 0) is 9.47 Å². The highest BCUT2D eigenvalue weighted by Gasteiger charge is 2.31. The molecule has 0 aliphatic carbocycles. The van der Waals surface area contributed by atoms with Crippen molar-refractivity contribution >= 4 is 40.6 Å². The Kier molecular flexibility index (Phi) is 6.99. The van der Waals surface area contributed by atoms with Crippen LogP contribution in [0.2, 0.25) is 0 Å². The number of halogens is 3. The molecule has 0 amide bonds. The van der Waals surface area contributed by atoms with Gasteiger partial charge in [-0.15, -0.1) is 13.2 Å². The number of rotatable bonds is 5. The summed E-state index contributed by atoms with van der Waals surface area (Å²) in [6.07, 6.45) is -4.82. The molecule has 0 aliphatic heterocycles. The minimum Gasteiger partial charge on any atom is -0.465 e. The van der Waals surface area contributed by atoms with Crippen LogP contribution >= 0.6 is 12.2 Å². The number of benzene rings is 2. The zero-order valence-corrected chi connectivity index (χ0v) is 15.9. The van der Waals surface area contributed by atoms with E-state index in [2.05, 4.69) is 24.8 Å². The van der Waals surface area contributed by atoms with E-state index in [4.69, 9.17) is 12.2 Å². The Morgan fingerprint density at radius 2 is 1.45 bits per heavy atom. The molecule has 2 N–H and O–H groups in total. The minimum absolute atomic E-state index is 0.00742. The summed E-state index contributed by atoms with van der Waals surface area (Å²) in [7, 11) is 2.37. The van der Waals surface area contributed by atoms with Crippen LogP contribution in [0.4, 0.5) is 24.5 Å². The monoisotopic (exact) mass is 428 g/mol. The SMILES string of the molecule is COC(=O)c1cc(NC(=S)Nc2cccc(OC(F)(F)F)c2)cc(C(=O)OC)c1. The fourth-order valence-electron chi connectivity index (χ4n) is 2.24. The Bertz CT molecular complexity index is 900. The average molecular weight is 428 g/mol. The minimum atomic E-state index is -4.82. The molecule has 0 saturated carbocycles. The fraction of sp³-hybridized carbons (Fsp3) is 0.167. The highest BCUT2D eigenvalue weighted by atomic mass is 32.1. The molecule has 0 heterocycles. The lowest BCUT2D eigenvalue weighted by atomic mass is 10.1. The highest BCUT2D eigenvalue weighted by molar-refractivity contribution is 7.80. The lowest BCUT2D eigenvalue weighted by Crippen LogP contribution is -2.20. The maximum absolute atomic E-state index is 12.3. The molecule has 2 aromatic rings. The Hall–Kier alpha value is -3.34. The van der Waals surface area contributed by atoms with Crippen molar-refractivity contribution in [2.24, 2.45) is 0 Å². The average Bonchev–Trinajstić information content (AvgIpc) is 2.65. The van der Waals surface area contributed by atoms with Crippen molar-refractivity contribution in [1.82, 2.24) is 0 Å². The largest absolute Gasteiger partial charge is 0.573 e. The van der Waals surface area contributed by atoms with Crippen LogP contribution in [0, 0.1) is 0 Å². The van der Waals surface area contributed by atoms with Crippen LogP contribution in [-0.4, -0.2) is 37.6 Å². The first-order chi connectivity index (χ1) is 13.6. The molecule has 154 valence electrons. The number of thiocarbonyl (C=S) groups is 1. The zero-order valence-electron chi connectivity index (χ0n) is 15.1. The number of hydrogen-bond donors (Lipinski definition) is 2. The maximum Gasteiger partial charge on any atom is 0.573 e. The molecule has 0 atom stereocenters. The summed E-state index contributed by atoms with van der Waals surface area (Å²) >= 11 is 5.13. The number of alkyl halides is 3. The van der Waals surface area contributed by atoms with Gasteiger partial charge >= 0.3 is 18.3 Å². The molecule has 2 aromatic carbocycles. The van der Waals surface area contributed by atoms with Crippen molar-refractivity contribution in [2.45, 2.75) is 6.36 Å². The smallest absolute Gasteiger partial charge is 0.465 e. The van der Waals surface area contributed by atoms with E-state index in [0.717, 1.165) is 12.1 Å². The van der Waals surface area contributed by atoms with E-state index < -0.39 is 24.1 Å². The molecule has 0 saturated heterocycles. The number of nitrogens with one attached hydrogen (secondary N) is 2. The molecule has 29 heavy (non-hydrogen) atoms. The third-order valence-electron chi connectivity index (χ3n) is 3.36. The van der Waals surface area contributed by atoms with Gasteiger partial charge in [0.1, 0.15) is 5.75 Å². The molecule has 11 heteroatoms. The van der Waals surface area contributed by atoms with Crippen LogP contribution < -0.4 is 15.4 Å². The van der Waals surface area contributed by atoms with Gasteiger partial charge in [0, 0.05) is 17.4 Å². The highest BCUT2D eigenvalue weighted by Crippen LogP contribution is 2.25. The van der Waals surface area contributed by atoms with E-state index in [1.807, 2.05) is 0 Å². The van der Waals surface area contributed by atoms with Gasteiger partial charge in [-0.3, -0.25) is 0 Å². The van der Waals surface area contributed by atoms with Gasteiger partial charge < -0.3 is 24.8 Å². The Morgan fingerprint density at radius 3 is 1.97 bits per heavy atom. The van der Waals surface area contributed by atoms with Gasteiger partial charge in [-0.2, -0.15) is 0 Å². The summed E-state index contributed by atoms with van der Waals surface area (Å²) in [6.45, 7) is 0. The molecule has 0 spiro atoms. The van der Waals surface area contributed by atoms with E-state index in [9.17, 15) is 22.8 Å². The van der Waals surface area contributed by atoms with E-state index >= 15 is 0 Å². The third kappa shape index (κ3) is 6.64. The standard InChI is InChI=1S/C18H15F3N2O5S/c1-26-15(24)10-6-11(16(25)27-2)8-13(7-10)23-17(29)22-12-4-3-5-14(9-12)28-18(19,20)21/h3-9H,1-2H3,(H2,22,23,29). The number of hydrogen-bond acceptors (Lipinski definition) is 6. The van der Waals surface area contributed by atoms with Gasteiger partial charge in [-0.1, -0.05) is 6.07 Å². The first-order valence-electron chi connectivity index (χ1n) is 7.87. The predicted octanol–water partition coefficient (Wildman–Crippen LogP) is 3.97. The molecule has 2 rings (SSSR count). The molecule has 0 bridgehead atoms. The summed E-state index contributed by atoms with van der Waals surface area (Å²) in [5.74, 6) is -1.80. The first-order valence-corrected chi connectivity index (χ1v) is 8.27. The summed E-state index contributed by atoms with van der Waals surface area (Å²) in [4.78, 5) is 23.6. The molecule has 0 fully saturated rings. The summed E-state index contributed by atoms with van der Waals surface area (Å²) in [6, 6.07) is 9.12. The lowest BCUT2D eigenvalue weighted by Gasteiger charge is -2.14. The van der Waals surface area contributed by atoms with E-state index in [1.165, 1.54) is 44.6 Å². The van der Waals surface area contributed by atoms with Crippen molar-refractivity contribution in [3.05, 3.63) is 53.6 Å². The zero-order chi connectivity index (χ0) is 21.6. The molecule has 7 nitrogen and oxygen atoms in total. The second-order valence-corrected chi connectivity index (χ2v) is 5.85. The lowest BCUT2D eigenvalue weighted by molar-refractivity contribution is -0.274. The predicted molar refractivity (Wildman–Crippen MR) is 102 cm³/mol. The van der Waals surface area contributed by atoms with Crippen molar-refractivity contribution < 1.29 is 37.0 Å². The molecule has 0 aliphatic rings. The number of carbonyl (C=O) groups excluding carboxylic acids is 2. The van der Waals surface area contributed by atoms with Gasteiger partial charge in [0.25, 0.3) is 0 Å². The number of carbonyl (C=O) groups is 2. The van der Waals surface area contributed by atoms with Crippen LogP contribution in [0.25, 0.3) is 0 Å². The molecular formula is C18H15F3N2O5S. The number of methoxy groups -OCH3 is 2. The van der Waals surface area contributed by atoms with Gasteiger partial charge in [0.05, 0.1) is 25.3 Å². The van der Waals surface area contributed by atoms with E-state index in [1.54, 1.807) is 0 Å². The van der Waals surface area contributed by atoms with Gasteiger partial charge in [-0.05, 0) is 42.5 Å².